The number of carbonyl (C=O) groups excluding carboxylic acids is 1. The summed E-state index contributed by atoms with van der Waals surface area (Å²) in [5.41, 5.74) is 2.82. The highest BCUT2D eigenvalue weighted by molar-refractivity contribution is 7.16. The lowest BCUT2D eigenvalue weighted by molar-refractivity contribution is -0.135. The van der Waals surface area contributed by atoms with E-state index in [2.05, 4.69) is 0 Å². The smallest absolute Gasteiger partial charge is 0.331 e. The Morgan fingerprint density at radius 3 is 2.55 bits per heavy atom. The van der Waals surface area contributed by atoms with Gasteiger partial charge in [0.15, 0.2) is 0 Å². The molecule has 0 radical (unpaired) electrons. The molecule has 3 rings (SSSR count). The lowest BCUT2D eigenvalue weighted by atomic mass is 10.1. The third-order valence-electron chi connectivity index (χ3n) is 3.29. The highest BCUT2D eigenvalue weighted by Gasteiger charge is 2.12. The summed E-state index contributed by atoms with van der Waals surface area (Å²) in [7, 11) is 0. The van der Waals surface area contributed by atoms with Gasteiger partial charge in [-0.3, -0.25) is 9.36 Å². The number of aryl methyl sites for hydroxylation is 2. The van der Waals surface area contributed by atoms with Crippen molar-refractivity contribution >= 4 is 27.5 Å². The number of carbonyl (C=O) groups is 1. The summed E-state index contributed by atoms with van der Waals surface area (Å²) < 4.78 is 7.68. The van der Waals surface area contributed by atoms with Crippen LogP contribution in [0.5, 0.6) is 5.75 Å². The Hall–Kier alpha value is -2.40. The first-order chi connectivity index (χ1) is 10.5. The van der Waals surface area contributed by atoms with E-state index in [0.717, 1.165) is 32.7 Å². The van der Waals surface area contributed by atoms with E-state index in [1.54, 1.807) is 12.1 Å². The number of fused-ring (bicyclic) bond motifs is 1. The molecule has 0 saturated carbocycles. The van der Waals surface area contributed by atoms with Crippen LogP contribution in [0.1, 0.15) is 11.1 Å². The molecule has 0 fully saturated rings. The van der Waals surface area contributed by atoms with E-state index in [-0.39, 0.29) is 11.4 Å². The summed E-state index contributed by atoms with van der Waals surface area (Å²) in [5, 5.41) is 0. The fraction of sp³-hybridized carbons (Fsp3) is 0.176. The molecule has 1 aromatic heterocycles. The molecule has 22 heavy (non-hydrogen) atoms. The largest absolute Gasteiger partial charge is 0.425 e. The summed E-state index contributed by atoms with van der Waals surface area (Å²) in [5.74, 6) is 0.0609. The van der Waals surface area contributed by atoms with Gasteiger partial charge in [-0.1, -0.05) is 29.5 Å². The molecular formula is C17H15NO3S. The Labute approximate surface area is 131 Å². The van der Waals surface area contributed by atoms with Gasteiger partial charge in [-0.2, -0.15) is 0 Å². The number of thiazole rings is 1. The Morgan fingerprint density at radius 1 is 1.14 bits per heavy atom. The Morgan fingerprint density at radius 2 is 1.82 bits per heavy atom. The number of hydrogen-bond donors (Lipinski definition) is 0. The van der Waals surface area contributed by atoms with Gasteiger partial charge in [-0.25, -0.2) is 4.79 Å². The number of para-hydroxylation sites is 1. The molecule has 0 aliphatic rings. The molecule has 0 spiro atoms. The Bertz CT molecular complexity index is 887. The second-order valence-electron chi connectivity index (χ2n) is 5.22. The maximum absolute atomic E-state index is 12.1. The summed E-state index contributed by atoms with van der Waals surface area (Å²) in [6.45, 7) is 3.80. The fourth-order valence-corrected chi connectivity index (χ4v) is 3.34. The zero-order chi connectivity index (χ0) is 15.7. The lowest BCUT2D eigenvalue weighted by Gasteiger charge is -2.07. The predicted molar refractivity (Wildman–Crippen MR) is 87.6 cm³/mol. The van der Waals surface area contributed by atoms with Gasteiger partial charge in [0, 0.05) is 0 Å². The van der Waals surface area contributed by atoms with Crippen LogP contribution >= 0.6 is 11.3 Å². The fourth-order valence-electron chi connectivity index (χ4n) is 2.45. The zero-order valence-corrected chi connectivity index (χ0v) is 13.1. The minimum Gasteiger partial charge on any atom is -0.425 e. The molecule has 0 bridgehead atoms. The van der Waals surface area contributed by atoms with Crippen LogP contribution in [-0.4, -0.2) is 10.5 Å². The number of benzene rings is 2. The van der Waals surface area contributed by atoms with E-state index in [1.165, 1.54) is 4.57 Å². The number of rotatable bonds is 3. The number of nitrogens with zero attached hydrogens (tertiary/aromatic N) is 1. The summed E-state index contributed by atoms with van der Waals surface area (Å²) in [6.07, 6.45) is 0. The molecule has 1 heterocycles. The first kappa shape index (κ1) is 14.5. The lowest BCUT2D eigenvalue weighted by Crippen LogP contribution is -2.22. The van der Waals surface area contributed by atoms with Gasteiger partial charge in [0.05, 0.1) is 10.2 Å². The van der Waals surface area contributed by atoms with Gasteiger partial charge in [0.1, 0.15) is 12.3 Å². The molecule has 0 saturated heterocycles. The number of ether oxygens (including phenoxy) is 1. The van der Waals surface area contributed by atoms with Crippen LogP contribution < -0.4 is 9.61 Å². The molecule has 0 unspecified atom stereocenters. The minimum atomic E-state index is -0.448. The van der Waals surface area contributed by atoms with Crippen molar-refractivity contribution in [3.8, 4) is 5.75 Å². The molecule has 0 aliphatic carbocycles. The van der Waals surface area contributed by atoms with Gasteiger partial charge < -0.3 is 4.74 Å². The van der Waals surface area contributed by atoms with E-state index in [4.69, 9.17) is 4.74 Å². The first-order valence-electron chi connectivity index (χ1n) is 6.90. The monoisotopic (exact) mass is 313 g/mol. The third-order valence-corrected chi connectivity index (χ3v) is 4.25. The molecule has 0 aliphatic heterocycles. The third kappa shape index (κ3) is 2.94. The normalized spacial score (nSPS) is 10.8. The molecule has 0 N–H and O–H groups in total. The van der Waals surface area contributed by atoms with Gasteiger partial charge >= 0.3 is 10.8 Å². The van der Waals surface area contributed by atoms with Crippen LogP contribution in [-0.2, 0) is 11.3 Å². The predicted octanol–water partition coefficient (Wildman–Crippen LogP) is 3.29. The average Bonchev–Trinajstić information content (AvgIpc) is 2.74. The SMILES string of the molecule is Cc1cc(C)cc(OC(=O)Cn2c(=O)sc3ccccc32)c1. The van der Waals surface area contributed by atoms with Gasteiger partial charge in [0.2, 0.25) is 0 Å². The Balaban J connectivity index is 1.84. The van der Waals surface area contributed by atoms with Crippen LogP contribution in [0.3, 0.4) is 0 Å². The van der Waals surface area contributed by atoms with Crippen molar-refractivity contribution < 1.29 is 9.53 Å². The molecule has 0 amide bonds. The summed E-state index contributed by atoms with van der Waals surface area (Å²) in [4.78, 5) is 24.0. The highest BCUT2D eigenvalue weighted by Crippen LogP contribution is 2.18. The first-order valence-corrected chi connectivity index (χ1v) is 7.72. The van der Waals surface area contributed by atoms with Crippen molar-refractivity contribution in [1.29, 1.82) is 0 Å². The number of hydrogen-bond acceptors (Lipinski definition) is 4. The van der Waals surface area contributed by atoms with Crippen molar-refractivity contribution in [3.63, 3.8) is 0 Å². The Kier molecular flexibility index (Phi) is 3.81. The van der Waals surface area contributed by atoms with Gasteiger partial charge in [0.25, 0.3) is 0 Å². The van der Waals surface area contributed by atoms with Crippen LogP contribution in [0.15, 0.2) is 47.3 Å². The van der Waals surface area contributed by atoms with Crippen molar-refractivity contribution in [3.05, 3.63) is 63.3 Å². The zero-order valence-electron chi connectivity index (χ0n) is 12.3. The topological polar surface area (TPSA) is 48.3 Å². The van der Waals surface area contributed by atoms with E-state index < -0.39 is 5.97 Å². The molecule has 2 aromatic carbocycles. The highest BCUT2D eigenvalue weighted by atomic mass is 32.1. The second-order valence-corrected chi connectivity index (χ2v) is 6.21. The van der Waals surface area contributed by atoms with Gasteiger partial charge in [-0.15, -0.1) is 0 Å². The van der Waals surface area contributed by atoms with E-state index in [0.29, 0.717) is 5.75 Å². The number of aromatic nitrogens is 1. The van der Waals surface area contributed by atoms with E-state index in [1.807, 2.05) is 44.2 Å². The molecule has 4 nitrogen and oxygen atoms in total. The van der Waals surface area contributed by atoms with E-state index in [9.17, 15) is 9.59 Å². The van der Waals surface area contributed by atoms with Crippen molar-refractivity contribution in [1.82, 2.24) is 4.57 Å². The average molecular weight is 313 g/mol. The van der Waals surface area contributed by atoms with Crippen LogP contribution in [0.2, 0.25) is 0 Å². The van der Waals surface area contributed by atoms with Crippen LogP contribution in [0.25, 0.3) is 10.2 Å². The van der Waals surface area contributed by atoms with Crippen LogP contribution in [0.4, 0.5) is 0 Å². The van der Waals surface area contributed by atoms with Crippen molar-refractivity contribution in [2.75, 3.05) is 0 Å². The standard InChI is InChI=1S/C17H15NO3S/c1-11-7-12(2)9-13(8-11)21-16(19)10-18-14-5-3-4-6-15(14)22-17(18)20/h3-9H,10H2,1-2H3. The van der Waals surface area contributed by atoms with Crippen LogP contribution in [0, 0.1) is 13.8 Å². The molecule has 3 aromatic rings. The minimum absolute atomic E-state index is 0.0875. The summed E-state index contributed by atoms with van der Waals surface area (Å²) in [6, 6.07) is 13.0. The maximum atomic E-state index is 12.1. The summed E-state index contributed by atoms with van der Waals surface area (Å²) >= 11 is 1.13. The quantitative estimate of drug-likeness (QED) is 0.551. The molecule has 5 heteroatoms. The molecule has 112 valence electrons. The van der Waals surface area contributed by atoms with Gasteiger partial charge in [-0.05, 0) is 49.2 Å². The van der Waals surface area contributed by atoms with Crippen molar-refractivity contribution in [2.45, 2.75) is 20.4 Å². The molecule has 0 atom stereocenters. The van der Waals surface area contributed by atoms with E-state index >= 15 is 0 Å². The number of esters is 1. The maximum Gasteiger partial charge on any atom is 0.331 e. The van der Waals surface area contributed by atoms with Crippen molar-refractivity contribution in [2.24, 2.45) is 0 Å². The molecular weight excluding hydrogens is 298 g/mol. The second kappa shape index (κ2) is 5.77.